The van der Waals surface area contributed by atoms with Gasteiger partial charge in [0.2, 0.25) is 0 Å². The molecule has 0 bridgehead atoms. The third kappa shape index (κ3) is 3.67. The summed E-state index contributed by atoms with van der Waals surface area (Å²) in [6.45, 7) is 4.61. The van der Waals surface area contributed by atoms with E-state index >= 15 is 0 Å². The molecule has 1 atom stereocenters. The Balaban J connectivity index is 2.55. The van der Waals surface area contributed by atoms with E-state index in [1.165, 1.54) is 0 Å². The van der Waals surface area contributed by atoms with E-state index in [2.05, 4.69) is 0 Å². The van der Waals surface area contributed by atoms with Crippen LogP contribution in [0.5, 0.6) is 5.75 Å². The summed E-state index contributed by atoms with van der Waals surface area (Å²) < 4.78 is 5.52. The van der Waals surface area contributed by atoms with E-state index in [4.69, 9.17) is 22.1 Å². The van der Waals surface area contributed by atoms with Crippen molar-refractivity contribution in [2.45, 2.75) is 26.4 Å². The Morgan fingerprint density at radius 1 is 1.38 bits per heavy atom. The Bertz CT molecular complexity index is 332. The zero-order valence-electron chi connectivity index (χ0n) is 9.66. The average molecular weight is 244 g/mol. The van der Waals surface area contributed by atoms with Crippen LogP contribution < -0.4 is 10.5 Å². The minimum Gasteiger partial charge on any atom is -0.493 e. The third-order valence-electron chi connectivity index (χ3n) is 2.40. The number of hydrogen-bond donors (Lipinski definition) is 2. The third-order valence-corrected chi connectivity index (χ3v) is 3.00. The molecule has 0 aromatic heterocycles. The van der Waals surface area contributed by atoms with Gasteiger partial charge < -0.3 is 15.6 Å². The van der Waals surface area contributed by atoms with Gasteiger partial charge in [0.15, 0.2) is 0 Å². The fourth-order valence-corrected chi connectivity index (χ4v) is 1.53. The maximum atomic E-state index is 9.26. The van der Waals surface area contributed by atoms with Crippen LogP contribution in [0.25, 0.3) is 0 Å². The summed E-state index contributed by atoms with van der Waals surface area (Å²) >= 11 is 6.04. The highest BCUT2D eigenvalue weighted by Gasteiger charge is 2.05. The van der Waals surface area contributed by atoms with Gasteiger partial charge in [-0.05, 0) is 37.1 Å². The van der Waals surface area contributed by atoms with Gasteiger partial charge in [0.1, 0.15) is 5.75 Å². The van der Waals surface area contributed by atoms with Gasteiger partial charge in [0, 0.05) is 18.0 Å². The van der Waals surface area contributed by atoms with Crippen molar-refractivity contribution in [3.63, 3.8) is 0 Å². The van der Waals surface area contributed by atoms with Crippen molar-refractivity contribution in [3.8, 4) is 5.75 Å². The van der Waals surface area contributed by atoms with Gasteiger partial charge in [-0.2, -0.15) is 0 Å². The molecule has 0 saturated heterocycles. The maximum absolute atomic E-state index is 9.26. The quantitative estimate of drug-likeness (QED) is 0.832. The Kier molecular flexibility index (Phi) is 5.06. The Morgan fingerprint density at radius 3 is 2.44 bits per heavy atom. The molecule has 1 aromatic carbocycles. The summed E-state index contributed by atoms with van der Waals surface area (Å²) in [5.74, 6) is 0.781. The number of hydrogen-bond acceptors (Lipinski definition) is 3. The van der Waals surface area contributed by atoms with Crippen LogP contribution in [0.1, 0.15) is 17.5 Å². The highest BCUT2D eigenvalue weighted by atomic mass is 35.5. The van der Waals surface area contributed by atoms with Crippen LogP contribution in [0.4, 0.5) is 0 Å². The molecule has 1 rings (SSSR count). The summed E-state index contributed by atoms with van der Waals surface area (Å²) in [5, 5.41) is 10.0. The van der Waals surface area contributed by atoms with Crippen LogP contribution in [0.2, 0.25) is 5.02 Å². The molecule has 16 heavy (non-hydrogen) atoms. The largest absolute Gasteiger partial charge is 0.493 e. The first-order valence-corrected chi connectivity index (χ1v) is 5.70. The molecular formula is C12H18ClNO2. The number of nitrogens with two attached hydrogens (primary N) is 1. The van der Waals surface area contributed by atoms with E-state index in [1.54, 1.807) is 0 Å². The van der Waals surface area contributed by atoms with Gasteiger partial charge in [-0.3, -0.25) is 0 Å². The Morgan fingerprint density at radius 2 is 1.94 bits per heavy atom. The van der Waals surface area contributed by atoms with Gasteiger partial charge in [0.25, 0.3) is 0 Å². The van der Waals surface area contributed by atoms with E-state index in [1.807, 2.05) is 26.0 Å². The number of aryl methyl sites for hydroxylation is 2. The zero-order valence-corrected chi connectivity index (χ0v) is 10.4. The topological polar surface area (TPSA) is 55.5 Å². The molecule has 0 aliphatic rings. The molecule has 0 heterocycles. The van der Waals surface area contributed by atoms with Gasteiger partial charge in [0.05, 0.1) is 12.7 Å². The summed E-state index contributed by atoms with van der Waals surface area (Å²) in [6, 6.07) is 3.79. The van der Waals surface area contributed by atoms with E-state index in [-0.39, 0.29) is 6.54 Å². The number of rotatable bonds is 5. The fraction of sp³-hybridized carbons (Fsp3) is 0.500. The highest BCUT2D eigenvalue weighted by Crippen LogP contribution is 2.25. The molecule has 4 heteroatoms. The second-order valence-electron chi connectivity index (χ2n) is 3.90. The van der Waals surface area contributed by atoms with Crippen molar-refractivity contribution in [2.24, 2.45) is 5.73 Å². The molecule has 0 fully saturated rings. The lowest BCUT2D eigenvalue weighted by molar-refractivity contribution is 0.146. The van der Waals surface area contributed by atoms with Crippen molar-refractivity contribution < 1.29 is 9.84 Å². The molecule has 3 N–H and O–H groups in total. The standard InChI is InChI=1S/C12H18ClNO2/c1-8-5-11(6-9(2)12(8)13)16-4-3-10(15)7-14/h5-6,10,15H,3-4,7,14H2,1-2H3. The molecule has 1 aromatic rings. The van der Waals surface area contributed by atoms with Crippen LogP contribution >= 0.6 is 11.6 Å². The molecule has 0 radical (unpaired) electrons. The number of benzene rings is 1. The number of aliphatic hydroxyl groups is 1. The maximum Gasteiger partial charge on any atom is 0.119 e. The van der Waals surface area contributed by atoms with Gasteiger partial charge in [-0.25, -0.2) is 0 Å². The van der Waals surface area contributed by atoms with E-state index in [0.717, 1.165) is 21.9 Å². The van der Waals surface area contributed by atoms with E-state index in [9.17, 15) is 5.11 Å². The number of ether oxygens (including phenoxy) is 1. The number of aliphatic hydroxyl groups excluding tert-OH is 1. The van der Waals surface area contributed by atoms with Crippen LogP contribution in [0, 0.1) is 13.8 Å². The van der Waals surface area contributed by atoms with Crippen LogP contribution in [0.3, 0.4) is 0 Å². The van der Waals surface area contributed by atoms with Gasteiger partial charge >= 0.3 is 0 Å². The summed E-state index contributed by atoms with van der Waals surface area (Å²) in [6.07, 6.45) is 0.0477. The van der Waals surface area contributed by atoms with Crippen molar-refractivity contribution in [2.75, 3.05) is 13.2 Å². The number of halogens is 1. The van der Waals surface area contributed by atoms with Gasteiger partial charge in [-0.1, -0.05) is 11.6 Å². The zero-order chi connectivity index (χ0) is 12.1. The molecule has 0 aliphatic heterocycles. The molecule has 0 spiro atoms. The monoisotopic (exact) mass is 243 g/mol. The molecule has 0 aliphatic carbocycles. The SMILES string of the molecule is Cc1cc(OCCC(O)CN)cc(C)c1Cl. The van der Waals surface area contributed by atoms with Crippen molar-refractivity contribution in [1.29, 1.82) is 0 Å². The summed E-state index contributed by atoms with van der Waals surface area (Å²) in [4.78, 5) is 0. The van der Waals surface area contributed by atoms with E-state index in [0.29, 0.717) is 13.0 Å². The predicted octanol–water partition coefficient (Wildman–Crippen LogP) is 2.05. The van der Waals surface area contributed by atoms with Crippen LogP contribution in [0.15, 0.2) is 12.1 Å². The lowest BCUT2D eigenvalue weighted by atomic mass is 10.1. The van der Waals surface area contributed by atoms with Crippen LogP contribution in [-0.4, -0.2) is 24.4 Å². The smallest absolute Gasteiger partial charge is 0.119 e. The molecule has 0 amide bonds. The lowest BCUT2D eigenvalue weighted by Crippen LogP contribution is -2.21. The first-order valence-electron chi connectivity index (χ1n) is 5.32. The minimum atomic E-state index is -0.491. The molecule has 0 saturated carbocycles. The van der Waals surface area contributed by atoms with Crippen molar-refractivity contribution in [1.82, 2.24) is 0 Å². The Labute approximate surface area is 101 Å². The van der Waals surface area contributed by atoms with Gasteiger partial charge in [-0.15, -0.1) is 0 Å². The predicted molar refractivity (Wildman–Crippen MR) is 66.1 cm³/mol. The van der Waals surface area contributed by atoms with Crippen LogP contribution in [-0.2, 0) is 0 Å². The average Bonchev–Trinajstić information content (AvgIpc) is 2.25. The normalized spacial score (nSPS) is 12.6. The van der Waals surface area contributed by atoms with Crippen molar-refractivity contribution in [3.05, 3.63) is 28.3 Å². The van der Waals surface area contributed by atoms with Crippen molar-refractivity contribution >= 4 is 11.6 Å². The summed E-state index contributed by atoms with van der Waals surface area (Å²) in [5.41, 5.74) is 7.29. The molecule has 1 unspecified atom stereocenters. The first-order chi connectivity index (χ1) is 7.54. The molecular weight excluding hydrogens is 226 g/mol. The highest BCUT2D eigenvalue weighted by molar-refractivity contribution is 6.32. The Hall–Kier alpha value is -0.770. The molecule has 90 valence electrons. The fourth-order valence-electron chi connectivity index (χ4n) is 1.42. The lowest BCUT2D eigenvalue weighted by Gasteiger charge is -2.11. The molecule has 3 nitrogen and oxygen atoms in total. The summed E-state index contributed by atoms with van der Waals surface area (Å²) in [7, 11) is 0. The van der Waals surface area contributed by atoms with E-state index < -0.39 is 6.10 Å². The second kappa shape index (κ2) is 6.09. The second-order valence-corrected chi connectivity index (χ2v) is 4.28. The minimum absolute atomic E-state index is 0.266. The first kappa shape index (κ1) is 13.3.